The fourth-order valence-corrected chi connectivity index (χ4v) is 4.02. The zero-order chi connectivity index (χ0) is 15.7. The molecule has 0 saturated carbocycles. The molecule has 0 radical (unpaired) electrons. The summed E-state index contributed by atoms with van der Waals surface area (Å²) in [4.78, 5) is 24.5. The number of carboxylic acid groups (broad SMARTS) is 1. The Kier molecular flexibility index (Phi) is 4.04. The van der Waals surface area contributed by atoms with E-state index in [1.54, 1.807) is 24.3 Å². The van der Waals surface area contributed by atoms with E-state index in [1.165, 1.54) is 11.3 Å². The molecule has 2 aromatic rings. The van der Waals surface area contributed by atoms with Crippen LogP contribution in [-0.2, 0) is 12.8 Å². The van der Waals surface area contributed by atoms with Crippen molar-refractivity contribution in [2.75, 3.05) is 10.6 Å². The lowest BCUT2D eigenvalue weighted by Crippen LogP contribution is -2.20. The number of aromatic carboxylic acids is 1. The molecule has 0 saturated heterocycles. The van der Waals surface area contributed by atoms with Gasteiger partial charge in [-0.15, -0.1) is 11.3 Å². The molecule has 2 amide bonds. The maximum atomic E-state index is 12.0. The second kappa shape index (κ2) is 5.98. The third-order valence-electron chi connectivity index (χ3n) is 3.44. The number of hydrogen-bond acceptors (Lipinski definition) is 3. The van der Waals surface area contributed by atoms with Crippen LogP contribution in [0.25, 0.3) is 0 Å². The number of hydrogen-bond donors (Lipinski definition) is 3. The van der Waals surface area contributed by atoms with Crippen LogP contribution in [0.1, 0.15) is 27.2 Å². The Morgan fingerprint density at radius 1 is 1.23 bits per heavy atom. The number of anilines is 2. The molecule has 1 aromatic heterocycles. The molecule has 114 valence electrons. The molecule has 0 unspecified atom stereocenters. The average molecular weight is 337 g/mol. The largest absolute Gasteiger partial charge is 0.478 e. The van der Waals surface area contributed by atoms with Crippen LogP contribution in [-0.4, -0.2) is 17.1 Å². The number of carbonyl (C=O) groups is 2. The molecular formula is C15H13ClN2O3S. The van der Waals surface area contributed by atoms with Crippen LogP contribution in [0.4, 0.5) is 15.5 Å². The standard InChI is InChI=1S/C15H13ClN2O3S/c16-8-3-1-4-9(7-8)17-15(21)18-13-12(14(19)20)10-5-2-6-11(10)22-13/h1,3-4,7H,2,5-6H2,(H,19,20)(H2,17,18,21). The van der Waals surface area contributed by atoms with Gasteiger partial charge in [0.1, 0.15) is 5.00 Å². The van der Waals surface area contributed by atoms with Crippen LogP contribution in [0.5, 0.6) is 0 Å². The van der Waals surface area contributed by atoms with Gasteiger partial charge in [-0.1, -0.05) is 17.7 Å². The molecule has 0 bridgehead atoms. The Hall–Kier alpha value is -2.05. The average Bonchev–Trinajstić information content (AvgIpc) is 2.97. The number of urea groups is 1. The van der Waals surface area contributed by atoms with Crippen molar-refractivity contribution in [3.8, 4) is 0 Å². The number of fused-ring (bicyclic) bond motifs is 1. The van der Waals surface area contributed by atoms with Crippen LogP contribution in [0.15, 0.2) is 24.3 Å². The van der Waals surface area contributed by atoms with Crippen LogP contribution >= 0.6 is 22.9 Å². The molecule has 0 spiro atoms. The van der Waals surface area contributed by atoms with Crippen molar-refractivity contribution < 1.29 is 14.7 Å². The number of carboxylic acids is 1. The van der Waals surface area contributed by atoms with Crippen molar-refractivity contribution in [2.45, 2.75) is 19.3 Å². The summed E-state index contributed by atoms with van der Waals surface area (Å²) in [6.45, 7) is 0. The van der Waals surface area contributed by atoms with E-state index in [1.807, 2.05) is 0 Å². The van der Waals surface area contributed by atoms with Gasteiger partial charge in [0.2, 0.25) is 0 Å². The highest BCUT2D eigenvalue weighted by Gasteiger charge is 2.27. The zero-order valence-electron chi connectivity index (χ0n) is 11.5. The van der Waals surface area contributed by atoms with E-state index in [4.69, 9.17) is 11.6 Å². The molecule has 0 fully saturated rings. The highest BCUT2D eigenvalue weighted by Crippen LogP contribution is 2.39. The maximum Gasteiger partial charge on any atom is 0.339 e. The fourth-order valence-electron chi connectivity index (χ4n) is 2.55. The monoisotopic (exact) mass is 336 g/mol. The number of halogens is 1. The first-order chi connectivity index (χ1) is 10.5. The van der Waals surface area contributed by atoms with E-state index in [9.17, 15) is 14.7 Å². The number of aryl methyl sites for hydroxylation is 1. The third kappa shape index (κ3) is 2.93. The number of nitrogens with one attached hydrogen (secondary N) is 2. The van der Waals surface area contributed by atoms with Crippen molar-refractivity contribution in [3.05, 3.63) is 45.3 Å². The van der Waals surface area contributed by atoms with Gasteiger partial charge >= 0.3 is 12.0 Å². The number of thiophene rings is 1. The Labute approximate surface area is 135 Å². The molecule has 7 heteroatoms. The maximum absolute atomic E-state index is 12.0. The van der Waals surface area contributed by atoms with E-state index in [0.29, 0.717) is 15.7 Å². The first kappa shape index (κ1) is 14.9. The van der Waals surface area contributed by atoms with Crippen molar-refractivity contribution in [3.63, 3.8) is 0 Å². The summed E-state index contributed by atoms with van der Waals surface area (Å²) in [5, 5.41) is 15.5. The quantitative estimate of drug-likeness (QED) is 0.784. The van der Waals surface area contributed by atoms with Crippen molar-refractivity contribution in [1.82, 2.24) is 0 Å². The summed E-state index contributed by atoms with van der Waals surface area (Å²) >= 11 is 7.20. The summed E-state index contributed by atoms with van der Waals surface area (Å²) in [5.74, 6) is -1.00. The van der Waals surface area contributed by atoms with Gasteiger partial charge in [0.25, 0.3) is 0 Å². The first-order valence-electron chi connectivity index (χ1n) is 6.76. The minimum absolute atomic E-state index is 0.221. The minimum atomic E-state index is -1.00. The van der Waals surface area contributed by atoms with Gasteiger partial charge in [0.05, 0.1) is 5.56 Å². The minimum Gasteiger partial charge on any atom is -0.478 e. The normalized spacial score (nSPS) is 12.8. The molecule has 22 heavy (non-hydrogen) atoms. The molecule has 1 aliphatic carbocycles. The predicted octanol–water partition coefficient (Wildman–Crippen LogP) is 4.23. The van der Waals surface area contributed by atoms with Crippen molar-refractivity contribution in [2.24, 2.45) is 0 Å². The van der Waals surface area contributed by atoms with Gasteiger partial charge < -0.3 is 10.4 Å². The molecule has 0 atom stereocenters. The fraction of sp³-hybridized carbons (Fsp3) is 0.200. The number of amides is 2. The molecule has 1 aromatic carbocycles. The smallest absolute Gasteiger partial charge is 0.339 e. The lowest BCUT2D eigenvalue weighted by Gasteiger charge is -2.08. The Bertz CT molecular complexity index is 757. The number of rotatable bonds is 3. The lowest BCUT2D eigenvalue weighted by molar-refractivity contribution is 0.0697. The molecule has 0 aliphatic heterocycles. The Morgan fingerprint density at radius 2 is 2.05 bits per heavy atom. The Morgan fingerprint density at radius 3 is 2.77 bits per heavy atom. The second-order valence-electron chi connectivity index (χ2n) is 4.96. The molecule has 5 nitrogen and oxygen atoms in total. The van der Waals surface area contributed by atoms with Gasteiger partial charge in [-0.05, 0) is 43.0 Å². The number of benzene rings is 1. The van der Waals surface area contributed by atoms with Gasteiger partial charge in [-0.2, -0.15) is 0 Å². The van der Waals surface area contributed by atoms with Gasteiger partial charge in [-0.25, -0.2) is 9.59 Å². The van der Waals surface area contributed by atoms with Crippen LogP contribution in [0.3, 0.4) is 0 Å². The van der Waals surface area contributed by atoms with Gasteiger partial charge in [0.15, 0.2) is 0 Å². The lowest BCUT2D eigenvalue weighted by atomic mass is 10.1. The summed E-state index contributed by atoms with van der Waals surface area (Å²) in [6, 6.07) is 6.27. The molecule has 3 N–H and O–H groups in total. The number of carbonyl (C=O) groups excluding carboxylic acids is 1. The highest BCUT2D eigenvalue weighted by molar-refractivity contribution is 7.17. The third-order valence-corrected chi connectivity index (χ3v) is 4.89. The highest BCUT2D eigenvalue weighted by atomic mass is 35.5. The zero-order valence-corrected chi connectivity index (χ0v) is 13.1. The van der Waals surface area contributed by atoms with E-state index in [0.717, 1.165) is 29.7 Å². The van der Waals surface area contributed by atoms with Crippen molar-refractivity contribution >= 4 is 45.6 Å². The molecular weight excluding hydrogens is 324 g/mol. The molecule has 1 aliphatic rings. The van der Waals surface area contributed by atoms with Crippen LogP contribution in [0, 0.1) is 0 Å². The summed E-state index contributed by atoms with van der Waals surface area (Å²) in [5.41, 5.74) is 1.63. The first-order valence-corrected chi connectivity index (χ1v) is 7.95. The van der Waals surface area contributed by atoms with E-state index >= 15 is 0 Å². The van der Waals surface area contributed by atoms with Crippen LogP contribution < -0.4 is 10.6 Å². The predicted molar refractivity (Wildman–Crippen MR) is 87.4 cm³/mol. The van der Waals surface area contributed by atoms with E-state index in [2.05, 4.69) is 10.6 Å². The summed E-state index contributed by atoms with van der Waals surface area (Å²) in [7, 11) is 0. The molecule has 1 heterocycles. The topological polar surface area (TPSA) is 78.4 Å². The summed E-state index contributed by atoms with van der Waals surface area (Å²) < 4.78 is 0. The summed E-state index contributed by atoms with van der Waals surface area (Å²) in [6.07, 6.45) is 2.60. The van der Waals surface area contributed by atoms with E-state index in [-0.39, 0.29) is 5.56 Å². The second-order valence-corrected chi connectivity index (χ2v) is 6.50. The Balaban J connectivity index is 1.78. The van der Waals surface area contributed by atoms with Crippen LogP contribution in [0.2, 0.25) is 5.02 Å². The van der Waals surface area contributed by atoms with Crippen molar-refractivity contribution in [1.29, 1.82) is 0 Å². The van der Waals surface area contributed by atoms with Gasteiger partial charge in [0, 0.05) is 15.6 Å². The van der Waals surface area contributed by atoms with Gasteiger partial charge in [-0.3, -0.25) is 5.32 Å². The molecule has 3 rings (SSSR count). The van der Waals surface area contributed by atoms with E-state index < -0.39 is 12.0 Å². The SMILES string of the molecule is O=C(Nc1cccc(Cl)c1)Nc1sc2c(c1C(=O)O)CCC2.